The molecule has 0 radical (unpaired) electrons. The number of hydrogen-bond donors (Lipinski definition) is 1. The molecule has 0 bridgehead atoms. The SMILES string of the molecule is Cc1ccc(S(=O)(=O)N(Cc2ccc(Cl)cc2)c2ccccc2C(=O)NCCSC2CCCCC2)cc1. The summed E-state index contributed by atoms with van der Waals surface area (Å²) in [5, 5.41) is 4.25. The minimum atomic E-state index is -3.96. The second kappa shape index (κ2) is 12.9. The van der Waals surface area contributed by atoms with Gasteiger partial charge in [-0.25, -0.2) is 8.42 Å². The molecule has 1 amide bonds. The minimum Gasteiger partial charge on any atom is -0.351 e. The Labute approximate surface area is 229 Å². The summed E-state index contributed by atoms with van der Waals surface area (Å²) in [4.78, 5) is 13.4. The summed E-state index contributed by atoms with van der Waals surface area (Å²) < 4.78 is 29.1. The Morgan fingerprint density at radius 2 is 1.65 bits per heavy atom. The number of aryl methyl sites for hydroxylation is 1. The van der Waals surface area contributed by atoms with Crippen LogP contribution in [0.5, 0.6) is 0 Å². The van der Waals surface area contributed by atoms with Crippen molar-refractivity contribution >= 4 is 45.0 Å². The zero-order valence-electron chi connectivity index (χ0n) is 21.0. The molecule has 0 unspecified atom stereocenters. The molecule has 1 aliphatic carbocycles. The quantitative estimate of drug-likeness (QED) is 0.278. The lowest BCUT2D eigenvalue weighted by atomic mass is 10.0. The van der Waals surface area contributed by atoms with E-state index in [1.54, 1.807) is 72.8 Å². The van der Waals surface area contributed by atoms with Gasteiger partial charge in [0, 0.05) is 22.6 Å². The fourth-order valence-corrected chi connectivity index (χ4v) is 7.31. The van der Waals surface area contributed by atoms with Gasteiger partial charge in [-0.2, -0.15) is 11.8 Å². The maximum atomic E-state index is 13.9. The number of nitrogens with zero attached hydrogens (tertiary/aromatic N) is 1. The highest BCUT2D eigenvalue weighted by Crippen LogP contribution is 2.30. The second-order valence-corrected chi connectivity index (χ2v) is 13.1. The van der Waals surface area contributed by atoms with Gasteiger partial charge in [0.05, 0.1) is 22.7 Å². The maximum absolute atomic E-state index is 13.9. The highest BCUT2D eigenvalue weighted by atomic mass is 35.5. The van der Waals surface area contributed by atoms with Crippen molar-refractivity contribution in [2.24, 2.45) is 0 Å². The molecule has 37 heavy (non-hydrogen) atoms. The molecule has 0 spiro atoms. The molecule has 0 atom stereocenters. The van der Waals surface area contributed by atoms with Gasteiger partial charge < -0.3 is 5.32 Å². The number of para-hydroxylation sites is 1. The molecular formula is C29H33ClN2O3S2. The second-order valence-electron chi connectivity index (χ2n) is 9.36. The van der Waals surface area contributed by atoms with Gasteiger partial charge in [0.2, 0.25) is 0 Å². The summed E-state index contributed by atoms with van der Waals surface area (Å²) in [6.45, 7) is 2.51. The van der Waals surface area contributed by atoms with E-state index in [-0.39, 0.29) is 17.3 Å². The number of thioether (sulfide) groups is 1. The molecule has 3 aromatic rings. The van der Waals surface area contributed by atoms with E-state index < -0.39 is 10.0 Å². The van der Waals surface area contributed by atoms with Gasteiger partial charge in [0.15, 0.2) is 0 Å². The smallest absolute Gasteiger partial charge is 0.264 e. The van der Waals surface area contributed by atoms with Crippen LogP contribution in [0.2, 0.25) is 5.02 Å². The van der Waals surface area contributed by atoms with Gasteiger partial charge in [0.25, 0.3) is 15.9 Å². The zero-order chi connectivity index (χ0) is 26.3. The molecule has 3 aromatic carbocycles. The highest BCUT2D eigenvalue weighted by Gasteiger charge is 2.28. The van der Waals surface area contributed by atoms with Gasteiger partial charge in [-0.3, -0.25) is 9.10 Å². The molecule has 1 saturated carbocycles. The summed E-state index contributed by atoms with van der Waals surface area (Å²) >= 11 is 7.97. The van der Waals surface area contributed by atoms with Gasteiger partial charge in [0.1, 0.15) is 0 Å². The van der Waals surface area contributed by atoms with E-state index >= 15 is 0 Å². The number of nitrogens with one attached hydrogen (secondary N) is 1. The Balaban J connectivity index is 1.59. The Kier molecular flexibility index (Phi) is 9.57. The third-order valence-corrected chi connectivity index (χ3v) is 9.97. The molecule has 0 aliphatic heterocycles. The van der Waals surface area contributed by atoms with Crippen molar-refractivity contribution in [2.75, 3.05) is 16.6 Å². The topological polar surface area (TPSA) is 66.5 Å². The van der Waals surface area contributed by atoms with Gasteiger partial charge >= 0.3 is 0 Å². The average Bonchev–Trinajstić information content (AvgIpc) is 2.91. The summed E-state index contributed by atoms with van der Waals surface area (Å²) in [5.74, 6) is 0.564. The van der Waals surface area contributed by atoms with Crippen molar-refractivity contribution in [3.05, 3.63) is 94.5 Å². The van der Waals surface area contributed by atoms with E-state index in [0.717, 1.165) is 16.9 Å². The van der Waals surface area contributed by atoms with E-state index in [0.29, 0.717) is 28.1 Å². The van der Waals surface area contributed by atoms with Gasteiger partial charge in [-0.1, -0.05) is 72.8 Å². The number of hydrogen-bond acceptors (Lipinski definition) is 4. The van der Waals surface area contributed by atoms with Crippen LogP contribution in [0.15, 0.2) is 77.7 Å². The summed E-state index contributed by atoms with van der Waals surface area (Å²) in [6, 6.07) is 20.7. The Hall–Kier alpha value is -2.48. The number of anilines is 1. The van der Waals surface area contributed by atoms with Crippen molar-refractivity contribution in [2.45, 2.75) is 55.7 Å². The molecule has 0 saturated heterocycles. The molecule has 0 aromatic heterocycles. The van der Waals surface area contributed by atoms with Crippen LogP contribution in [0.1, 0.15) is 53.6 Å². The Bertz CT molecular complexity index is 1290. The monoisotopic (exact) mass is 556 g/mol. The van der Waals surface area contributed by atoms with Crippen LogP contribution in [-0.4, -0.2) is 31.9 Å². The number of amides is 1. The first-order valence-corrected chi connectivity index (χ1v) is 15.5. The first-order chi connectivity index (χ1) is 17.8. The van der Waals surface area contributed by atoms with Crippen molar-refractivity contribution in [1.82, 2.24) is 5.32 Å². The van der Waals surface area contributed by atoms with Crippen molar-refractivity contribution in [1.29, 1.82) is 0 Å². The minimum absolute atomic E-state index is 0.0647. The third-order valence-electron chi connectivity index (χ3n) is 6.56. The van der Waals surface area contributed by atoms with Crippen molar-refractivity contribution in [3.8, 4) is 0 Å². The Morgan fingerprint density at radius 1 is 0.973 bits per heavy atom. The molecule has 1 N–H and O–H groups in total. The molecule has 8 heteroatoms. The third kappa shape index (κ3) is 7.30. The number of sulfonamides is 1. The fraction of sp³-hybridized carbons (Fsp3) is 0.345. The van der Waals surface area contributed by atoms with E-state index in [1.165, 1.54) is 36.4 Å². The molecule has 1 aliphatic rings. The molecule has 1 fully saturated rings. The first-order valence-electron chi connectivity index (χ1n) is 12.7. The van der Waals surface area contributed by atoms with Crippen molar-refractivity contribution < 1.29 is 13.2 Å². The van der Waals surface area contributed by atoms with Crippen LogP contribution in [-0.2, 0) is 16.6 Å². The van der Waals surface area contributed by atoms with Gasteiger partial charge in [-0.05, 0) is 61.7 Å². The largest absolute Gasteiger partial charge is 0.351 e. The number of benzene rings is 3. The maximum Gasteiger partial charge on any atom is 0.264 e. The first kappa shape index (κ1) is 27.6. The summed E-state index contributed by atoms with van der Waals surface area (Å²) in [6.07, 6.45) is 6.39. The van der Waals surface area contributed by atoms with E-state index in [9.17, 15) is 13.2 Å². The highest BCUT2D eigenvalue weighted by molar-refractivity contribution is 7.99. The van der Waals surface area contributed by atoms with E-state index in [4.69, 9.17) is 11.6 Å². The molecular weight excluding hydrogens is 524 g/mol. The fourth-order valence-electron chi connectivity index (χ4n) is 4.49. The summed E-state index contributed by atoms with van der Waals surface area (Å²) in [5.41, 5.74) is 2.40. The van der Waals surface area contributed by atoms with Crippen LogP contribution in [0.3, 0.4) is 0 Å². The lowest BCUT2D eigenvalue weighted by Gasteiger charge is -2.27. The van der Waals surface area contributed by atoms with E-state index in [1.807, 2.05) is 18.7 Å². The summed E-state index contributed by atoms with van der Waals surface area (Å²) in [7, 11) is -3.96. The van der Waals surface area contributed by atoms with Crippen LogP contribution in [0, 0.1) is 6.92 Å². The number of carbonyl (C=O) groups is 1. The molecule has 4 rings (SSSR count). The average molecular weight is 557 g/mol. The molecule has 0 heterocycles. The number of halogens is 1. The van der Waals surface area contributed by atoms with Crippen LogP contribution < -0.4 is 9.62 Å². The van der Waals surface area contributed by atoms with Crippen LogP contribution in [0.4, 0.5) is 5.69 Å². The normalized spacial score (nSPS) is 14.3. The standard InChI is InChI=1S/C29H33ClN2O3S2/c1-22-11-17-26(18-12-22)37(34,35)32(21-23-13-15-24(30)16-14-23)28-10-6-5-9-27(28)29(33)31-19-20-36-25-7-3-2-4-8-25/h5-6,9-18,25H,2-4,7-8,19-21H2,1H3,(H,31,33). The van der Waals surface area contributed by atoms with Crippen molar-refractivity contribution in [3.63, 3.8) is 0 Å². The number of rotatable bonds is 10. The predicted molar refractivity (Wildman–Crippen MR) is 154 cm³/mol. The number of carbonyl (C=O) groups excluding carboxylic acids is 1. The zero-order valence-corrected chi connectivity index (χ0v) is 23.4. The lowest BCUT2D eigenvalue weighted by molar-refractivity contribution is 0.0957. The van der Waals surface area contributed by atoms with Gasteiger partial charge in [-0.15, -0.1) is 0 Å². The van der Waals surface area contributed by atoms with E-state index in [2.05, 4.69) is 5.32 Å². The van der Waals surface area contributed by atoms with Crippen LogP contribution in [0.25, 0.3) is 0 Å². The Morgan fingerprint density at radius 3 is 2.35 bits per heavy atom. The van der Waals surface area contributed by atoms with Crippen LogP contribution >= 0.6 is 23.4 Å². The lowest BCUT2D eigenvalue weighted by Crippen LogP contribution is -2.34. The molecule has 196 valence electrons. The molecule has 5 nitrogen and oxygen atoms in total. The predicted octanol–water partition coefficient (Wildman–Crippen LogP) is 6.84.